The second-order valence-electron chi connectivity index (χ2n) is 4.82. The van der Waals surface area contributed by atoms with Gasteiger partial charge in [-0.15, -0.1) is 0 Å². The molecule has 2 rings (SSSR count). The predicted molar refractivity (Wildman–Crippen MR) is 80.8 cm³/mol. The Morgan fingerprint density at radius 2 is 2.20 bits per heavy atom. The van der Waals surface area contributed by atoms with Crippen molar-refractivity contribution in [2.45, 2.75) is 19.3 Å². The fraction of sp³-hybridized carbons (Fsp3) is 0.400. The van der Waals surface area contributed by atoms with E-state index < -0.39 is 0 Å². The van der Waals surface area contributed by atoms with E-state index in [2.05, 4.69) is 10.3 Å². The molecule has 108 valence electrons. The maximum absolute atomic E-state index is 12.1. The average Bonchev–Trinajstić information content (AvgIpc) is 2.85. The van der Waals surface area contributed by atoms with Crippen molar-refractivity contribution < 1.29 is 9.53 Å². The number of benzene rings is 1. The number of nitrogens with one attached hydrogen (secondary N) is 2. The number of hydrogen-bond acceptors (Lipinski definition) is 3. The molecule has 1 amide bonds. The van der Waals surface area contributed by atoms with E-state index >= 15 is 0 Å². The maximum Gasteiger partial charge on any atom is 0.253 e. The number of aromatic nitrogens is 1. The molecular formula is C15H21N3O2. The van der Waals surface area contributed by atoms with E-state index in [1.807, 2.05) is 18.2 Å². The van der Waals surface area contributed by atoms with Gasteiger partial charge in [-0.05, 0) is 37.5 Å². The highest BCUT2D eigenvalue weighted by molar-refractivity contribution is 6.07. The van der Waals surface area contributed by atoms with Crippen molar-refractivity contribution >= 4 is 22.5 Å². The minimum absolute atomic E-state index is 0.0615. The monoisotopic (exact) mass is 275 g/mol. The number of amides is 1. The number of fused-ring (bicyclic) bond motifs is 1. The molecule has 1 aromatic heterocycles. The van der Waals surface area contributed by atoms with Gasteiger partial charge in [-0.3, -0.25) is 4.79 Å². The quantitative estimate of drug-likeness (QED) is 0.536. The molecule has 2 aromatic rings. The number of nitrogens with two attached hydrogens (primary N) is 1. The summed E-state index contributed by atoms with van der Waals surface area (Å²) in [5, 5.41) is 3.80. The first-order chi connectivity index (χ1) is 9.72. The van der Waals surface area contributed by atoms with E-state index in [1.165, 1.54) is 0 Å². The third kappa shape index (κ3) is 3.51. The number of nitrogen functional groups attached to an aromatic ring is 1. The molecule has 5 nitrogen and oxygen atoms in total. The molecule has 0 saturated heterocycles. The van der Waals surface area contributed by atoms with Gasteiger partial charge in [-0.25, -0.2) is 0 Å². The predicted octanol–water partition coefficient (Wildman–Crippen LogP) is 2.30. The van der Waals surface area contributed by atoms with Crippen LogP contribution in [0.4, 0.5) is 5.69 Å². The second-order valence-corrected chi connectivity index (χ2v) is 4.82. The molecule has 0 aliphatic carbocycles. The molecule has 0 radical (unpaired) electrons. The summed E-state index contributed by atoms with van der Waals surface area (Å²) in [5.74, 6) is -0.0615. The van der Waals surface area contributed by atoms with Gasteiger partial charge in [0.25, 0.3) is 5.91 Å². The zero-order valence-electron chi connectivity index (χ0n) is 11.7. The van der Waals surface area contributed by atoms with Crippen molar-refractivity contribution in [3.8, 4) is 0 Å². The van der Waals surface area contributed by atoms with Gasteiger partial charge >= 0.3 is 0 Å². The minimum Gasteiger partial charge on any atom is -0.399 e. The zero-order valence-corrected chi connectivity index (χ0v) is 11.7. The molecular weight excluding hydrogens is 254 g/mol. The number of H-pyrrole nitrogens is 1. The SMILES string of the molecule is COCCCCCNC(=O)c1c[nH]c2ccc(N)cc12. The number of hydrogen-bond donors (Lipinski definition) is 3. The summed E-state index contributed by atoms with van der Waals surface area (Å²) in [5.41, 5.74) is 7.98. The molecule has 0 spiro atoms. The standard InChI is InChI=1S/C15H21N3O2/c1-20-8-4-2-3-7-17-15(19)13-10-18-14-6-5-11(16)9-12(13)14/h5-6,9-10,18H,2-4,7-8,16H2,1H3,(H,17,19). The summed E-state index contributed by atoms with van der Waals surface area (Å²) in [6, 6.07) is 5.52. The van der Waals surface area contributed by atoms with Gasteiger partial charge in [0.05, 0.1) is 5.56 Å². The molecule has 0 unspecified atom stereocenters. The molecule has 5 heteroatoms. The Morgan fingerprint density at radius 3 is 3.00 bits per heavy atom. The first-order valence-corrected chi connectivity index (χ1v) is 6.86. The molecule has 0 saturated carbocycles. The van der Waals surface area contributed by atoms with Crippen LogP contribution in [0.3, 0.4) is 0 Å². The van der Waals surface area contributed by atoms with Crippen LogP contribution in [-0.4, -0.2) is 31.2 Å². The molecule has 0 fully saturated rings. The van der Waals surface area contributed by atoms with Crippen LogP contribution >= 0.6 is 0 Å². The molecule has 0 atom stereocenters. The van der Waals surface area contributed by atoms with Crippen molar-refractivity contribution in [1.29, 1.82) is 0 Å². The summed E-state index contributed by atoms with van der Waals surface area (Å²) in [6.07, 6.45) is 4.76. The number of unbranched alkanes of at least 4 members (excludes halogenated alkanes) is 2. The number of aromatic amines is 1. The van der Waals surface area contributed by atoms with Crippen molar-refractivity contribution in [2.75, 3.05) is 26.0 Å². The van der Waals surface area contributed by atoms with Gasteiger partial charge < -0.3 is 20.8 Å². The van der Waals surface area contributed by atoms with Crippen LogP contribution in [0.5, 0.6) is 0 Å². The largest absolute Gasteiger partial charge is 0.399 e. The topological polar surface area (TPSA) is 80.1 Å². The highest BCUT2D eigenvalue weighted by Crippen LogP contribution is 2.20. The molecule has 0 aliphatic heterocycles. The molecule has 4 N–H and O–H groups in total. The van der Waals surface area contributed by atoms with Crippen LogP contribution in [0, 0.1) is 0 Å². The van der Waals surface area contributed by atoms with Crippen molar-refractivity contribution in [3.63, 3.8) is 0 Å². The number of anilines is 1. The van der Waals surface area contributed by atoms with Gasteiger partial charge in [0.2, 0.25) is 0 Å². The van der Waals surface area contributed by atoms with Gasteiger partial charge in [0, 0.05) is 43.0 Å². The summed E-state index contributed by atoms with van der Waals surface area (Å²) in [4.78, 5) is 15.2. The van der Waals surface area contributed by atoms with Crippen molar-refractivity contribution in [3.05, 3.63) is 30.0 Å². The lowest BCUT2D eigenvalue weighted by Crippen LogP contribution is -2.24. The summed E-state index contributed by atoms with van der Waals surface area (Å²) in [6.45, 7) is 1.45. The van der Waals surface area contributed by atoms with Crippen LogP contribution in [0.1, 0.15) is 29.6 Å². The first-order valence-electron chi connectivity index (χ1n) is 6.86. The Bertz CT molecular complexity index is 578. The lowest BCUT2D eigenvalue weighted by atomic mass is 10.1. The maximum atomic E-state index is 12.1. The average molecular weight is 275 g/mol. The van der Waals surface area contributed by atoms with Crippen LogP contribution < -0.4 is 11.1 Å². The summed E-state index contributed by atoms with van der Waals surface area (Å²) in [7, 11) is 1.70. The van der Waals surface area contributed by atoms with Gasteiger partial charge in [-0.1, -0.05) is 0 Å². The zero-order chi connectivity index (χ0) is 14.4. The van der Waals surface area contributed by atoms with Gasteiger partial charge in [-0.2, -0.15) is 0 Å². The molecule has 20 heavy (non-hydrogen) atoms. The molecule has 0 aliphatic rings. The minimum atomic E-state index is -0.0615. The van der Waals surface area contributed by atoms with Crippen molar-refractivity contribution in [1.82, 2.24) is 10.3 Å². The van der Waals surface area contributed by atoms with Crippen molar-refractivity contribution in [2.24, 2.45) is 0 Å². The lowest BCUT2D eigenvalue weighted by Gasteiger charge is -2.04. The first kappa shape index (κ1) is 14.4. The second kappa shape index (κ2) is 6.96. The molecule has 1 heterocycles. The van der Waals surface area contributed by atoms with E-state index in [-0.39, 0.29) is 5.91 Å². The highest BCUT2D eigenvalue weighted by Gasteiger charge is 2.11. The lowest BCUT2D eigenvalue weighted by molar-refractivity contribution is 0.0954. The van der Waals surface area contributed by atoms with Crippen LogP contribution in [0.2, 0.25) is 0 Å². The van der Waals surface area contributed by atoms with E-state index in [0.717, 1.165) is 36.8 Å². The number of carbonyl (C=O) groups excluding carboxylic acids is 1. The fourth-order valence-corrected chi connectivity index (χ4v) is 2.17. The Hall–Kier alpha value is -2.01. The van der Waals surface area contributed by atoms with Gasteiger partial charge in [0.1, 0.15) is 0 Å². The van der Waals surface area contributed by atoms with Gasteiger partial charge in [0.15, 0.2) is 0 Å². The summed E-state index contributed by atoms with van der Waals surface area (Å²) >= 11 is 0. The highest BCUT2D eigenvalue weighted by atomic mass is 16.5. The third-order valence-corrected chi connectivity index (χ3v) is 3.26. The summed E-state index contributed by atoms with van der Waals surface area (Å²) < 4.78 is 4.98. The van der Waals surface area contributed by atoms with Crippen LogP contribution in [0.25, 0.3) is 10.9 Å². The van der Waals surface area contributed by atoms with Crippen LogP contribution in [0.15, 0.2) is 24.4 Å². The molecule has 1 aromatic carbocycles. The van der Waals surface area contributed by atoms with E-state index in [1.54, 1.807) is 13.3 Å². The fourth-order valence-electron chi connectivity index (χ4n) is 2.17. The number of methoxy groups -OCH3 is 1. The van der Waals surface area contributed by atoms with E-state index in [9.17, 15) is 4.79 Å². The van der Waals surface area contributed by atoms with E-state index in [0.29, 0.717) is 17.8 Å². The molecule has 0 bridgehead atoms. The Labute approximate surface area is 118 Å². The van der Waals surface area contributed by atoms with E-state index in [4.69, 9.17) is 10.5 Å². The number of rotatable bonds is 7. The smallest absolute Gasteiger partial charge is 0.253 e. The third-order valence-electron chi connectivity index (χ3n) is 3.26. The Kier molecular flexibility index (Phi) is 5.01. The normalized spacial score (nSPS) is 10.8. The number of ether oxygens (including phenoxy) is 1. The van der Waals surface area contributed by atoms with Crippen LogP contribution in [-0.2, 0) is 4.74 Å². The Morgan fingerprint density at radius 1 is 1.35 bits per heavy atom. The Balaban J connectivity index is 1.89. The number of carbonyl (C=O) groups is 1.